The molecule has 100 valence electrons. The monoisotopic (exact) mass is 310 g/mol. The average Bonchev–Trinajstić information content (AvgIpc) is 2.38. The summed E-state index contributed by atoms with van der Waals surface area (Å²) in [5.41, 5.74) is 6.97. The molecule has 1 aliphatic rings. The molecule has 2 rings (SSSR count). The zero-order valence-corrected chi connectivity index (χ0v) is 12.9. The highest BCUT2D eigenvalue weighted by atomic mass is 79.9. The van der Waals surface area contributed by atoms with E-state index in [4.69, 9.17) is 5.84 Å². The van der Waals surface area contributed by atoms with Crippen LogP contribution < -0.4 is 11.3 Å². The number of hydrazine groups is 1. The molecule has 0 bridgehead atoms. The van der Waals surface area contributed by atoms with Crippen LogP contribution in [0.1, 0.15) is 54.8 Å². The minimum Gasteiger partial charge on any atom is -0.271 e. The molecule has 1 aromatic rings. The highest BCUT2D eigenvalue weighted by Crippen LogP contribution is 2.35. The molecule has 2 nitrogen and oxygen atoms in total. The normalized spacial score (nSPS) is 18.9. The van der Waals surface area contributed by atoms with Crippen molar-refractivity contribution in [2.45, 2.75) is 52.0 Å². The Kier molecular flexibility index (Phi) is 4.82. The SMILES string of the molecule is Cc1cc(C(NN)C2CCCCC2)cc(C)c1Br. The van der Waals surface area contributed by atoms with Gasteiger partial charge in [0, 0.05) is 10.5 Å². The number of nitrogens with two attached hydrogens (primary N) is 1. The molecule has 1 unspecified atom stereocenters. The Morgan fingerprint density at radius 2 is 1.72 bits per heavy atom. The van der Waals surface area contributed by atoms with Gasteiger partial charge in [0.2, 0.25) is 0 Å². The molecular formula is C15H23BrN2. The predicted octanol–water partition coefficient (Wildman–Crippen LogP) is 4.15. The van der Waals surface area contributed by atoms with Crippen molar-refractivity contribution in [3.63, 3.8) is 0 Å². The molecule has 0 aromatic heterocycles. The molecule has 1 aliphatic carbocycles. The lowest BCUT2D eigenvalue weighted by atomic mass is 9.81. The standard InChI is InChI=1S/C15H23BrN2/c1-10-8-13(9-11(2)14(10)16)15(18-17)12-6-4-3-5-7-12/h8-9,12,15,18H,3-7,17H2,1-2H3. The first-order valence-corrected chi connectivity index (χ1v) is 7.65. The van der Waals surface area contributed by atoms with E-state index in [1.54, 1.807) is 0 Å². The van der Waals surface area contributed by atoms with Gasteiger partial charge >= 0.3 is 0 Å². The number of benzene rings is 1. The Morgan fingerprint density at radius 1 is 1.17 bits per heavy atom. The molecule has 0 aliphatic heterocycles. The number of hydrogen-bond acceptors (Lipinski definition) is 2. The van der Waals surface area contributed by atoms with E-state index in [1.165, 1.54) is 53.3 Å². The van der Waals surface area contributed by atoms with Gasteiger partial charge in [-0.2, -0.15) is 0 Å². The minimum absolute atomic E-state index is 0.302. The minimum atomic E-state index is 0.302. The maximum absolute atomic E-state index is 5.81. The lowest BCUT2D eigenvalue weighted by Crippen LogP contribution is -2.34. The zero-order valence-electron chi connectivity index (χ0n) is 11.3. The van der Waals surface area contributed by atoms with Crippen LogP contribution in [0.15, 0.2) is 16.6 Å². The van der Waals surface area contributed by atoms with Gasteiger partial charge in [0.15, 0.2) is 0 Å². The van der Waals surface area contributed by atoms with E-state index in [-0.39, 0.29) is 0 Å². The number of hydrogen-bond donors (Lipinski definition) is 2. The van der Waals surface area contributed by atoms with Gasteiger partial charge in [0.05, 0.1) is 0 Å². The fourth-order valence-corrected chi connectivity index (χ4v) is 3.36. The van der Waals surface area contributed by atoms with Crippen molar-refractivity contribution >= 4 is 15.9 Å². The van der Waals surface area contributed by atoms with Crippen LogP contribution in [0.4, 0.5) is 0 Å². The van der Waals surface area contributed by atoms with E-state index < -0.39 is 0 Å². The second kappa shape index (κ2) is 6.18. The summed E-state index contributed by atoms with van der Waals surface area (Å²) in [5.74, 6) is 6.50. The first-order chi connectivity index (χ1) is 8.63. The van der Waals surface area contributed by atoms with Crippen molar-refractivity contribution < 1.29 is 0 Å². The molecule has 0 heterocycles. The molecule has 3 N–H and O–H groups in total. The Hall–Kier alpha value is -0.380. The average molecular weight is 311 g/mol. The van der Waals surface area contributed by atoms with E-state index in [2.05, 4.69) is 47.3 Å². The summed E-state index contributed by atoms with van der Waals surface area (Å²) in [6, 6.07) is 4.82. The quantitative estimate of drug-likeness (QED) is 0.650. The molecule has 0 amide bonds. The molecule has 1 atom stereocenters. The van der Waals surface area contributed by atoms with Crippen LogP contribution >= 0.6 is 15.9 Å². The highest BCUT2D eigenvalue weighted by molar-refractivity contribution is 9.10. The molecule has 0 spiro atoms. The second-order valence-corrected chi connectivity index (χ2v) is 6.30. The Bertz CT molecular complexity index is 388. The topological polar surface area (TPSA) is 38.0 Å². The van der Waals surface area contributed by atoms with Crippen molar-refractivity contribution in [3.05, 3.63) is 33.3 Å². The lowest BCUT2D eigenvalue weighted by Gasteiger charge is -2.30. The fourth-order valence-electron chi connectivity index (χ4n) is 3.13. The van der Waals surface area contributed by atoms with Gasteiger partial charge in [-0.1, -0.05) is 47.3 Å². The van der Waals surface area contributed by atoms with Gasteiger partial charge in [-0.25, -0.2) is 0 Å². The Labute approximate surface area is 118 Å². The first-order valence-electron chi connectivity index (χ1n) is 6.86. The molecule has 18 heavy (non-hydrogen) atoms. The van der Waals surface area contributed by atoms with Crippen molar-refractivity contribution in [2.75, 3.05) is 0 Å². The largest absolute Gasteiger partial charge is 0.271 e. The lowest BCUT2D eigenvalue weighted by molar-refractivity contribution is 0.273. The van der Waals surface area contributed by atoms with Crippen LogP contribution in [0, 0.1) is 19.8 Å². The zero-order chi connectivity index (χ0) is 13.1. The van der Waals surface area contributed by atoms with Gasteiger partial charge < -0.3 is 0 Å². The van der Waals surface area contributed by atoms with E-state index in [9.17, 15) is 0 Å². The van der Waals surface area contributed by atoms with E-state index >= 15 is 0 Å². The summed E-state index contributed by atoms with van der Waals surface area (Å²) in [6.07, 6.45) is 6.66. The van der Waals surface area contributed by atoms with Gasteiger partial charge in [-0.3, -0.25) is 11.3 Å². The molecule has 1 fully saturated rings. The number of nitrogens with one attached hydrogen (secondary N) is 1. The van der Waals surface area contributed by atoms with Crippen LogP contribution in [0.5, 0.6) is 0 Å². The fraction of sp³-hybridized carbons (Fsp3) is 0.600. The summed E-state index contributed by atoms with van der Waals surface area (Å²) in [4.78, 5) is 0. The second-order valence-electron chi connectivity index (χ2n) is 5.51. The Morgan fingerprint density at radius 3 is 2.22 bits per heavy atom. The van der Waals surface area contributed by atoms with E-state index in [0.717, 1.165) is 0 Å². The van der Waals surface area contributed by atoms with Gasteiger partial charge in [0.25, 0.3) is 0 Å². The van der Waals surface area contributed by atoms with Crippen molar-refractivity contribution in [1.29, 1.82) is 0 Å². The Balaban J connectivity index is 2.26. The molecule has 0 saturated heterocycles. The van der Waals surface area contributed by atoms with E-state index in [1.807, 2.05) is 0 Å². The first kappa shape index (κ1) is 14.0. The van der Waals surface area contributed by atoms with Crippen LogP contribution in [-0.2, 0) is 0 Å². The van der Waals surface area contributed by atoms with Crippen LogP contribution in [-0.4, -0.2) is 0 Å². The number of aryl methyl sites for hydroxylation is 2. The maximum atomic E-state index is 5.81. The summed E-state index contributed by atoms with van der Waals surface area (Å²) < 4.78 is 1.21. The van der Waals surface area contributed by atoms with Crippen LogP contribution in [0.3, 0.4) is 0 Å². The molecule has 1 saturated carbocycles. The third kappa shape index (κ3) is 2.95. The third-order valence-corrected chi connectivity index (χ3v) is 5.37. The maximum Gasteiger partial charge on any atom is 0.0488 e. The highest BCUT2D eigenvalue weighted by Gasteiger charge is 2.24. The smallest absolute Gasteiger partial charge is 0.0488 e. The van der Waals surface area contributed by atoms with Crippen LogP contribution in [0.2, 0.25) is 0 Å². The molecular weight excluding hydrogens is 288 g/mol. The summed E-state index contributed by atoms with van der Waals surface area (Å²) >= 11 is 3.63. The third-order valence-electron chi connectivity index (χ3n) is 4.12. The summed E-state index contributed by atoms with van der Waals surface area (Å²) in [5, 5.41) is 0. The van der Waals surface area contributed by atoms with E-state index in [0.29, 0.717) is 12.0 Å². The predicted molar refractivity (Wildman–Crippen MR) is 80.3 cm³/mol. The van der Waals surface area contributed by atoms with Crippen molar-refractivity contribution in [1.82, 2.24) is 5.43 Å². The van der Waals surface area contributed by atoms with Gasteiger partial charge in [-0.05, 0) is 49.3 Å². The van der Waals surface area contributed by atoms with Crippen molar-refractivity contribution in [3.8, 4) is 0 Å². The van der Waals surface area contributed by atoms with Crippen LogP contribution in [0.25, 0.3) is 0 Å². The summed E-state index contributed by atoms with van der Waals surface area (Å²) in [7, 11) is 0. The summed E-state index contributed by atoms with van der Waals surface area (Å²) in [6.45, 7) is 4.30. The molecule has 0 radical (unpaired) electrons. The van der Waals surface area contributed by atoms with Gasteiger partial charge in [-0.15, -0.1) is 0 Å². The molecule has 3 heteroatoms. The molecule has 1 aromatic carbocycles. The van der Waals surface area contributed by atoms with Gasteiger partial charge in [0.1, 0.15) is 0 Å². The van der Waals surface area contributed by atoms with Crippen molar-refractivity contribution in [2.24, 2.45) is 11.8 Å². The number of halogens is 1. The number of rotatable bonds is 3.